The minimum Gasteiger partial charge on any atom is -0.359 e. The number of imide groups is 1. The number of benzene rings is 1. The highest BCUT2D eigenvalue weighted by Gasteiger charge is 2.49. The Kier molecular flexibility index (Phi) is 3.52. The Morgan fingerprint density at radius 1 is 1.17 bits per heavy atom. The maximum atomic E-state index is 12.7. The highest BCUT2D eigenvalue weighted by molar-refractivity contribution is 6.10. The summed E-state index contributed by atoms with van der Waals surface area (Å²) in [4.78, 5) is 40.8. The first-order valence-corrected chi connectivity index (χ1v) is 7.29. The third-order valence-corrected chi connectivity index (χ3v) is 4.10. The van der Waals surface area contributed by atoms with E-state index in [9.17, 15) is 14.4 Å². The van der Waals surface area contributed by atoms with E-state index in [1.54, 1.807) is 25.3 Å². The number of nitrogens with one attached hydrogen (secondary N) is 2. The van der Waals surface area contributed by atoms with Gasteiger partial charge in [-0.25, -0.2) is 4.79 Å². The molecule has 1 atom stereocenters. The summed E-state index contributed by atoms with van der Waals surface area (Å²) >= 11 is 0. The van der Waals surface area contributed by atoms with Crippen LogP contribution in [0.3, 0.4) is 0 Å². The van der Waals surface area contributed by atoms with E-state index in [-0.39, 0.29) is 12.3 Å². The number of H-pyrrole nitrogens is 1. The molecular weight excluding hydrogens is 294 g/mol. The minimum atomic E-state index is -1.15. The first-order valence-electron chi connectivity index (χ1n) is 7.29. The van der Waals surface area contributed by atoms with Crippen LogP contribution in [0.1, 0.15) is 28.5 Å². The first kappa shape index (κ1) is 15.0. The average Bonchev–Trinajstić information content (AvgIpc) is 3.12. The molecule has 1 fully saturated rings. The molecule has 3 amide bonds. The Hall–Kier alpha value is -2.89. The zero-order valence-electron chi connectivity index (χ0n) is 12.9. The standard InChI is InChI=1S/C17H17N3O3/c1-11-5-7-12(8-6-11)17(2)15(22)20(16(23)19-17)10-14(21)13-4-3-9-18-13/h3-9,18H,10H2,1-2H3,(H,19,23)/t17-/m1/s1. The zero-order valence-corrected chi connectivity index (χ0v) is 12.9. The second-order valence-corrected chi connectivity index (χ2v) is 5.82. The molecule has 6 heteroatoms. The number of urea groups is 1. The van der Waals surface area contributed by atoms with Gasteiger partial charge < -0.3 is 10.3 Å². The lowest BCUT2D eigenvalue weighted by molar-refractivity contribution is -0.130. The Balaban J connectivity index is 1.85. The molecule has 2 N–H and O–H groups in total. The van der Waals surface area contributed by atoms with Crippen molar-refractivity contribution in [1.29, 1.82) is 0 Å². The normalized spacial score (nSPS) is 20.7. The molecule has 2 heterocycles. The third-order valence-electron chi connectivity index (χ3n) is 4.10. The van der Waals surface area contributed by atoms with Gasteiger partial charge in [0.05, 0.1) is 12.2 Å². The van der Waals surface area contributed by atoms with Crippen molar-refractivity contribution < 1.29 is 14.4 Å². The van der Waals surface area contributed by atoms with E-state index in [4.69, 9.17) is 0 Å². The summed E-state index contributed by atoms with van der Waals surface area (Å²) in [5, 5.41) is 2.69. The van der Waals surface area contributed by atoms with Crippen molar-refractivity contribution in [1.82, 2.24) is 15.2 Å². The van der Waals surface area contributed by atoms with Crippen molar-refractivity contribution in [2.24, 2.45) is 0 Å². The van der Waals surface area contributed by atoms with E-state index >= 15 is 0 Å². The predicted molar refractivity (Wildman–Crippen MR) is 83.9 cm³/mol. The van der Waals surface area contributed by atoms with Crippen LogP contribution in [0.25, 0.3) is 0 Å². The summed E-state index contributed by atoms with van der Waals surface area (Å²) in [5.41, 5.74) is 0.972. The molecule has 0 saturated carbocycles. The molecule has 118 valence electrons. The van der Waals surface area contributed by atoms with Crippen molar-refractivity contribution in [2.45, 2.75) is 19.4 Å². The van der Waals surface area contributed by atoms with Crippen molar-refractivity contribution in [2.75, 3.05) is 6.54 Å². The van der Waals surface area contributed by atoms with Crippen LogP contribution in [-0.4, -0.2) is 34.2 Å². The van der Waals surface area contributed by atoms with Gasteiger partial charge in [-0.2, -0.15) is 0 Å². The van der Waals surface area contributed by atoms with Crippen molar-refractivity contribution in [3.8, 4) is 0 Å². The lowest BCUT2D eigenvalue weighted by Gasteiger charge is -2.22. The predicted octanol–water partition coefficient (Wildman–Crippen LogP) is 1.97. The molecular formula is C17H17N3O3. The molecule has 1 aromatic heterocycles. The Labute approximate surface area is 133 Å². The quantitative estimate of drug-likeness (QED) is 0.669. The molecule has 1 aliphatic heterocycles. The molecule has 23 heavy (non-hydrogen) atoms. The molecule has 3 rings (SSSR count). The number of aryl methyl sites for hydroxylation is 1. The van der Waals surface area contributed by atoms with E-state index in [0.29, 0.717) is 11.3 Å². The maximum Gasteiger partial charge on any atom is 0.325 e. The van der Waals surface area contributed by atoms with E-state index < -0.39 is 17.5 Å². The van der Waals surface area contributed by atoms with Crippen molar-refractivity contribution in [3.05, 3.63) is 59.4 Å². The monoisotopic (exact) mass is 311 g/mol. The van der Waals surface area contributed by atoms with Gasteiger partial charge >= 0.3 is 6.03 Å². The number of Topliss-reactive ketones (excluding diaryl/α,β-unsaturated/α-hetero) is 1. The molecule has 6 nitrogen and oxygen atoms in total. The van der Waals surface area contributed by atoms with E-state index in [2.05, 4.69) is 10.3 Å². The maximum absolute atomic E-state index is 12.7. The largest absolute Gasteiger partial charge is 0.359 e. The van der Waals surface area contributed by atoms with Crippen molar-refractivity contribution in [3.63, 3.8) is 0 Å². The molecule has 1 aromatic carbocycles. The van der Waals surface area contributed by atoms with Crippen LogP contribution >= 0.6 is 0 Å². The van der Waals surface area contributed by atoms with Crippen LogP contribution in [0, 0.1) is 6.92 Å². The topological polar surface area (TPSA) is 82.3 Å². The van der Waals surface area contributed by atoms with Gasteiger partial charge in [0.1, 0.15) is 5.54 Å². The summed E-state index contributed by atoms with van der Waals surface area (Å²) in [5.74, 6) is -0.738. The summed E-state index contributed by atoms with van der Waals surface area (Å²) in [7, 11) is 0. The van der Waals surface area contributed by atoms with Gasteiger partial charge in [0.15, 0.2) is 5.78 Å². The number of rotatable bonds is 4. The Bertz CT molecular complexity index is 765. The number of amides is 3. The van der Waals surface area contributed by atoms with Crippen LogP contribution in [0.2, 0.25) is 0 Å². The first-order chi connectivity index (χ1) is 10.9. The zero-order chi connectivity index (χ0) is 16.6. The number of aromatic amines is 1. The Morgan fingerprint density at radius 2 is 1.87 bits per heavy atom. The fourth-order valence-electron chi connectivity index (χ4n) is 2.66. The highest BCUT2D eigenvalue weighted by atomic mass is 16.2. The number of hydrogen-bond donors (Lipinski definition) is 2. The number of nitrogens with zero attached hydrogens (tertiary/aromatic N) is 1. The molecule has 1 aliphatic rings. The molecule has 0 unspecified atom stereocenters. The lowest BCUT2D eigenvalue weighted by Crippen LogP contribution is -2.41. The third kappa shape index (κ3) is 2.52. The smallest absolute Gasteiger partial charge is 0.325 e. The SMILES string of the molecule is Cc1ccc([C@@]2(C)NC(=O)N(CC(=O)c3ccc[nH]3)C2=O)cc1. The van der Waals surface area contributed by atoms with Crippen LogP contribution in [0.4, 0.5) is 4.79 Å². The number of carbonyl (C=O) groups excluding carboxylic acids is 3. The molecule has 0 spiro atoms. The van der Waals surface area contributed by atoms with Crippen molar-refractivity contribution >= 4 is 17.7 Å². The van der Waals surface area contributed by atoms with Gasteiger partial charge in [0, 0.05) is 6.20 Å². The minimum absolute atomic E-state index is 0.285. The van der Waals surface area contributed by atoms with Crippen LogP contribution in [0.15, 0.2) is 42.6 Å². The second kappa shape index (κ2) is 5.39. The number of hydrogen-bond acceptors (Lipinski definition) is 3. The fraction of sp³-hybridized carbons (Fsp3) is 0.235. The summed E-state index contributed by atoms with van der Waals surface area (Å²) in [6.07, 6.45) is 1.62. The Morgan fingerprint density at radius 3 is 2.48 bits per heavy atom. The molecule has 0 bridgehead atoms. The van der Waals surface area contributed by atoms with Gasteiger partial charge in [-0.3, -0.25) is 14.5 Å². The van der Waals surface area contributed by atoms with Gasteiger partial charge in [0.25, 0.3) is 5.91 Å². The molecule has 0 radical (unpaired) electrons. The number of aromatic nitrogens is 1. The summed E-state index contributed by atoms with van der Waals surface area (Å²) < 4.78 is 0. The summed E-state index contributed by atoms with van der Waals surface area (Å²) in [6, 6.07) is 10.1. The molecule has 2 aromatic rings. The van der Waals surface area contributed by atoms with E-state index in [0.717, 1.165) is 10.5 Å². The van der Waals surface area contributed by atoms with Gasteiger partial charge in [-0.15, -0.1) is 0 Å². The second-order valence-electron chi connectivity index (χ2n) is 5.82. The molecule has 0 aliphatic carbocycles. The average molecular weight is 311 g/mol. The van der Waals surface area contributed by atoms with Crippen LogP contribution in [0.5, 0.6) is 0 Å². The fourth-order valence-corrected chi connectivity index (χ4v) is 2.66. The molecule has 1 saturated heterocycles. The van der Waals surface area contributed by atoms with Gasteiger partial charge in [-0.1, -0.05) is 29.8 Å². The van der Waals surface area contributed by atoms with E-state index in [1.807, 2.05) is 31.2 Å². The number of carbonyl (C=O) groups is 3. The van der Waals surface area contributed by atoms with Crippen LogP contribution in [-0.2, 0) is 10.3 Å². The lowest BCUT2D eigenvalue weighted by atomic mass is 9.91. The van der Waals surface area contributed by atoms with Gasteiger partial charge in [-0.05, 0) is 31.5 Å². The van der Waals surface area contributed by atoms with E-state index in [1.165, 1.54) is 0 Å². The van der Waals surface area contributed by atoms with Crippen LogP contribution < -0.4 is 5.32 Å². The van der Waals surface area contributed by atoms with Gasteiger partial charge in [0.2, 0.25) is 0 Å². The summed E-state index contributed by atoms with van der Waals surface area (Å²) in [6.45, 7) is 3.31. The number of ketones is 1. The highest BCUT2D eigenvalue weighted by Crippen LogP contribution is 2.29.